The molecule has 1 aromatic heterocycles. The largest absolute Gasteiger partial charge is 0.401 e. The van der Waals surface area contributed by atoms with Crippen molar-refractivity contribution in [1.29, 1.82) is 0 Å². The Morgan fingerprint density at radius 2 is 1.93 bits per heavy atom. The maximum atomic E-state index is 12.6. The molecule has 3 rings (SSSR count). The molecule has 4 N–H and O–H groups in total. The number of carbonyl (C=O) groups excluding carboxylic acids is 2. The number of nitrogens with one attached hydrogen (secondary N) is 2. The minimum absolute atomic E-state index is 0.0990. The second-order valence-corrected chi connectivity index (χ2v) is 7.07. The van der Waals surface area contributed by atoms with Crippen LogP contribution >= 0.6 is 0 Å². The number of pyridine rings is 1. The van der Waals surface area contributed by atoms with E-state index in [0.717, 1.165) is 0 Å². The van der Waals surface area contributed by atoms with E-state index in [2.05, 4.69) is 15.6 Å². The quantitative estimate of drug-likeness (QED) is 0.623. The van der Waals surface area contributed by atoms with Crippen LogP contribution in [0.25, 0.3) is 0 Å². The third kappa shape index (κ3) is 5.69. The number of halogens is 3. The summed E-state index contributed by atoms with van der Waals surface area (Å²) in [6, 6.07) is 9.25. The molecule has 1 unspecified atom stereocenters. The van der Waals surface area contributed by atoms with E-state index in [9.17, 15) is 22.8 Å². The number of carbonyl (C=O) groups is 2. The number of nitrogens with zero attached hydrogens (tertiary/aromatic N) is 2. The lowest BCUT2D eigenvalue weighted by Crippen LogP contribution is -2.44. The van der Waals surface area contributed by atoms with Crippen LogP contribution in [0.1, 0.15) is 33.7 Å². The van der Waals surface area contributed by atoms with Gasteiger partial charge in [-0.25, -0.2) is 0 Å². The molecule has 1 fully saturated rings. The van der Waals surface area contributed by atoms with Crippen LogP contribution in [-0.4, -0.2) is 53.6 Å². The molecule has 7 nitrogen and oxygen atoms in total. The minimum Gasteiger partial charge on any atom is -0.397 e. The first-order valence-corrected chi connectivity index (χ1v) is 9.44. The fourth-order valence-electron chi connectivity index (χ4n) is 3.34. The monoisotopic (exact) mass is 421 g/mol. The highest BCUT2D eigenvalue weighted by molar-refractivity contribution is 6.04. The van der Waals surface area contributed by atoms with Crippen molar-refractivity contribution in [2.75, 3.05) is 30.7 Å². The van der Waals surface area contributed by atoms with E-state index in [-0.39, 0.29) is 23.8 Å². The van der Waals surface area contributed by atoms with Crippen LogP contribution < -0.4 is 16.4 Å². The van der Waals surface area contributed by atoms with E-state index < -0.39 is 24.5 Å². The standard InChI is InChI=1S/C20H22F3N5O2/c21-20(22,23)12-28-9-3-4-14(28)11-26-18(29)13-7-8-17(25-10-13)19(30)27-16-6-2-1-5-15(16)24/h1-2,5-8,10,14H,3-4,9,11-12,24H2,(H,26,29)(H,27,30). The Morgan fingerprint density at radius 3 is 2.60 bits per heavy atom. The molecule has 30 heavy (non-hydrogen) atoms. The number of nitrogens with two attached hydrogens (primary N) is 1. The number of amides is 2. The highest BCUT2D eigenvalue weighted by atomic mass is 19.4. The summed E-state index contributed by atoms with van der Waals surface area (Å²) < 4.78 is 37.9. The average Bonchev–Trinajstić information content (AvgIpc) is 3.13. The van der Waals surface area contributed by atoms with Gasteiger partial charge in [-0.15, -0.1) is 0 Å². The van der Waals surface area contributed by atoms with Crippen LogP contribution in [0.15, 0.2) is 42.6 Å². The maximum absolute atomic E-state index is 12.6. The average molecular weight is 421 g/mol. The zero-order valence-corrected chi connectivity index (χ0v) is 16.1. The van der Waals surface area contributed by atoms with Gasteiger partial charge in [-0.1, -0.05) is 12.1 Å². The molecule has 0 bridgehead atoms. The molecule has 1 aromatic carbocycles. The number of anilines is 2. The van der Waals surface area contributed by atoms with E-state index in [1.54, 1.807) is 24.3 Å². The Morgan fingerprint density at radius 1 is 1.17 bits per heavy atom. The van der Waals surface area contributed by atoms with Crippen LogP contribution in [0, 0.1) is 0 Å². The molecule has 1 atom stereocenters. The van der Waals surface area contributed by atoms with Crippen molar-refractivity contribution in [2.45, 2.75) is 25.1 Å². The Labute approximate surface area is 171 Å². The van der Waals surface area contributed by atoms with Gasteiger partial charge >= 0.3 is 6.18 Å². The van der Waals surface area contributed by atoms with Gasteiger partial charge in [0.15, 0.2) is 0 Å². The molecule has 2 heterocycles. The molecule has 0 saturated carbocycles. The van der Waals surface area contributed by atoms with E-state index in [0.29, 0.717) is 30.8 Å². The van der Waals surface area contributed by atoms with Gasteiger partial charge in [0.05, 0.1) is 23.5 Å². The van der Waals surface area contributed by atoms with Crippen LogP contribution in [0.3, 0.4) is 0 Å². The number of rotatable bonds is 6. The zero-order chi connectivity index (χ0) is 21.7. The summed E-state index contributed by atoms with van der Waals surface area (Å²) in [5.41, 5.74) is 6.96. The highest BCUT2D eigenvalue weighted by Gasteiger charge is 2.36. The van der Waals surface area contributed by atoms with Crippen molar-refractivity contribution in [3.8, 4) is 0 Å². The third-order valence-corrected chi connectivity index (χ3v) is 4.85. The predicted octanol–water partition coefficient (Wildman–Crippen LogP) is 2.67. The van der Waals surface area contributed by atoms with Gasteiger partial charge < -0.3 is 16.4 Å². The van der Waals surface area contributed by atoms with Crippen molar-refractivity contribution in [3.05, 3.63) is 53.9 Å². The molecule has 10 heteroatoms. The summed E-state index contributed by atoms with van der Waals surface area (Å²) in [5.74, 6) is -0.936. The lowest BCUT2D eigenvalue weighted by Gasteiger charge is -2.25. The van der Waals surface area contributed by atoms with E-state index in [4.69, 9.17) is 5.73 Å². The highest BCUT2D eigenvalue weighted by Crippen LogP contribution is 2.23. The molecular formula is C20H22F3N5O2. The SMILES string of the molecule is Nc1ccccc1NC(=O)c1ccc(C(=O)NCC2CCCN2CC(F)(F)F)cn1. The molecule has 0 spiro atoms. The summed E-state index contributed by atoms with van der Waals surface area (Å²) in [6.45, 7) is -0.507. The number of hydrogen-bond acceptors (Lipinski definition) is 5. The summed E-state index contributed by atoms with van der Waals surface area (Å²) >= 11 is 0. The number of alkyl halides is 3. The number of likely N-dealkylation sites (tertiary alicyclic amines) is 1. The summed E-state index contributed by atoms with van der Waals surface area (Å²) in [6.07, 6.45) is -1.76. The number of aromatic nitrogens is 1. The zero-order valence-electron chi connectivity index (χ0n) is 16.1. The van der Waals surface area contributed by atoms with E-state index in [1.165, 1.54) is 23.2 Å². The van der Waals surface area contributed by atoms with Gasteiger partial charge in [0.25, 0.3) is 11.8 Å². The van der Waals surface area contributed by atoms with Gasteiger partial charge in [0.2, 0.25) is 0 Å². The normalized spacial score (nSPS) is 17.0. The molecule has 1 aliphatic heterocycles. The van der Waals surface area contributed by atoms with E-state index >= 15 is 0 Å². The van der Waals surface area contributed by atoms with Crippen molar-refractivity contribution in [1.82, 2.24) is 15.2 Å². The first-order valence-electron chi connectivity index (χ1n) is 9.44. The van der Waals surface area contributed by atoms with Gasteiger partial charge in [-0.2, -0.15) is 13.2 Å². The second kappa shape index (κ2) is 9.12. The molecule has 2 amide bonds. The van der Waals surface area contributed by atoms with Crippen LogP contribution in [0.2, 0.25) is 0 Å². The summed E-state index contributed by atoms with van der Waals surface area (Å²) in [5, 5.41) is 5.28. The topological polar surface area (TPSA) is 100 Å². The number of nitrogen functional groups attached to an aromatic ring is 1. The smallest absolute Gasteiger partial charge is 0.397 e. The Kier molecular flexibility index (Phi) is 6.56. The third-order valence-electron chi connectivity index (χ3n) is 4.85. The van der Waals surface area contributed by atoms with Crippen LogP contribution in [0.5, 0.6) is 0 Å². The lowest BCUT2D eigenvalue weighted by atomic mass is 10.2. The van der Waals surface area contributed by atoms with Gasteiger partial charge in [0, 0.05) is 18.8 Å². The first kappa shape index (κ1) is 21.6. The Balaban J connectivity index is 1.55. The lowest BCUT2D eigenvalue weighted by molar-refractivity contribution is -0.147. The predicted molar refractivity (Wildman–Crippen MR) is 106 cm³/mol. The first-order chi connectivity index (χ1) is 14.2. The molecule has 160 valence electrons. The minimum atomic E-state index is -4.27. The number of benzene rings is 1. The Bertz CT molecular complexity index is 902. The van der Waals surface area contributed by atoms with E-state index in [1.807, 2.05) is 0 Å². The second-order valence-electron chi connectivity index (χ2n) is 7.07. The van der Waals surface area contributed by atoms with Crippen LogP contribution in [0.4, 0.5) is 24.5 Å². The van der Waals surface area contributed by atoms with Gasteiger partial charge in [-0.3, -0.25) is 19.5 Å². The maximum Gasteiger partial charge on any atom is 0.401 e. The molecule has 0 aliphatic carbocycles. The fourth-order valence-corrected chi connectivity index (χ4v) is 3.34. The molecule has 2 aromatic rings. The van der Waals surface area contributed by atoms with Crippen LogP contribution in [-0.2, 0) is 0 Å². The fraction of sp³-hybridized carbons (Fsp3) is 0.350. The van der Waals surface area contributed by atoms with Crippen molar-refractivity contribution in [3.63, 3.8) is 0 Å². The Hall–Kier alpha value is -3.14. The number of hydrogen-bond donors (Lipinski definition) is 3. The summed E-state index contributed by atoms with van der Waals surface area (Å²) in [4.78, 5) is 29.9. The summed E-state index contributed by atoms with van der Waals surface area (Å²) in [7, 11) is 0. The molecule has 0 radical (unpaired) electrons. The molecule has 1 aliphatic rings. The van der Waals surface area contributed by atoms with Gasteiger partial charge in [-0.05, 0) is 43.7 Å². The van der Waals surface area contributed by atoms with Crippen molar-refractivity contribution >= 4 is 23.2 Å². The van der Waals surface area contributed by atoms with Crippen molar-refractivity contribution < 1.29 is 22.8 Å². The molecular weight excluding hydrogens is 399 g/mol. The van der Waals surface area contributed by atoms with Gasteiger partial charge in [0.1, 0.15) is 5.69 Å². The van der Waals surface area contributed by atoms with Crippen molar-refractivity contribution in [2.24, 2.45) is 0 Å². The molecule has 1 saturated heterocycles. The number of para-hydroxylation sites is 2.